The van der Waals surface area contributed by atoms with Crippen LogP contribution in [0.2, 0.25) is 0 Å². The number of pyridine rings is 2. The zero-order chi connectivity index (χ0) is 27.0. The van der Waals surface area contributed by atoms with Gasteiger partial charge in [-0.15, -0.1) is 0 Å². The van der Waals surface area contributed by atoms with E-state index >= 15 is 0 Å². The SMILES string of the molecule is CC1CN(c2ncccc2C(=O)NS(=O)(=O)c2cccc(Nc3ccc(C(C)(C)C)cc3)n2)C(C)(C)C1. The van der Waals surface area contributed by atoms with E-state index in [1.807, 2.05) is 24.3 Å². The Morgan fingerprint density at radius 1 is 1.05 bits per heavy atom. The summed E-state index contributed by atoms with van der Waals surface area (Å²) in [6.07, 6.45) is 2.57. The van der Waals surface area contributed by atoms with Crippen LogP contribution in [0.1, 0.15) is 63.9 Å². The molecule has 8 nitrogen and oxygen atoms in total. The molecule has 3 heterocycles. The average molecular weight is 522 g/mol. The summed E-state index contributed by atoms with van der Waals surface area (Å²) in [6, 6.07) is 15.7. The highest BCUT2D eigenvalue weighted by Gasteiger charge is 2.39. The molecule has 0 radical (unpaired) electrons. The van der Waals surface area contributed by atoms with Gasteiger partial charge in [-0.2, -0.15) is 8.42 Å². The maximum Gasteiger partial charge on any atom is 0.281 e. The first-order valence-electron chi connectivity index (χ1n) is 12.4. The van der Waals surface area contributed by atoms with Gasteiger partial charge in [-0.1, -0.05) is 45.9 Å². The lowest BCUT2D eigenvalue weighted by Crippen LogP contribution is -2.41. The lowest BCUT2D eigenvalue weighted by Gasteiger charge is -2.33. The van der Waals surface area contributed by atoms with E-state index in [0.717, 1.165) is 18.7 Å². The van der Waals surface area contributed by atoms with Crippen LogP contribution in [0, 0.1) is 5.92 Å². The molecule has 1 unspecified atom stereocenters. The summed E-state index contributed by atoms with van der Waals surface area (Å²) in [5, 5.41) is 2.88. The van der Waals surface area contributed by atoms with Crippen molar-refractivity contribution in [3.8, 4) is 0 Å². The molecule has 0 aliphatic carbocycles. The van der Waals surface area contributed by atoms with Crippen LogP contribution < -0.4 is 14.9 Å². The van der Waals surface area contributed by atoms with Crippen LogP contribution in [0.5, 0.6) is 0 Å². The fourth-order valence-corrected chi connectivity index (χ4v) is 5.75. The highest BCUT2D eigenvalue weighted by Crippen LogP contribution is 2.37. The largest absolute Gasteiger partial charge is 0.351 e. The molecule has 9 heteroatoms. The van der Waals surface area contributed by atoms with Crippen molar-refractivity contribution in [2.75, 3.05) is 16.8 Å². The number of hydrogen-bond acceptors (Lipinski definition) is 7. The minimum Gasteiger partial charge on any atom is -0.351 e. The summed E-state index contributed by atoms with van der Waals surface area (Å²) in [5.74, 6) is 0.525. The third-order valence-electron chi connectivity index (χ3n) is 6.61. The Hall–Kier alpha value is -3.46. The van der Waals surface area contributed by atoms with E-state index in [9.17, 15) is 13.2 Å². The standard InChI is InChI=1S/C28H35N5O3S/c1-19-17-28(5,6)33(18-19)25-22(9-8-16-29-25)26(34)32-37(35,36)24-11-7-10-23(31-24)30-21-14-12-20(13-15-21)27(2,3)4/h7-16,19H,17-18H2,1-6H3,(H,30,31)(H,32,34). The van der Waals surface area contributed by atoms with Gasteiger partial charge in [0.2, 0.25) is 0 Å². The van der Waals surface area contributed by atoms with Crippen molar-refractivity contribution in [3.63, 3.8) is 0 Å². The lowest BCUT2D eigenvalue weighted by atomic mass is 9.87. The monoisotopic (exact) mass is 521 g/mol. The Morgan fingerprint density at radius 3 is 2.38 bits per heavy atom. The topological polar surface area (TPSA) is 104 Å². The predicted molar refractivity (Wildman–Crippen MR) is 147 cm³/mol. The van der Waals surface area contributed by atoms with Gasteiger partial charge in [0.05, 0.1) is 5.56 Å². The third-order valence-corrected chi connectivity index (χ3v) is 7.84. The number of sulfonamides is 1. The molecule has 1 fully saturated rings. The number of carbonyl (C=O) groups is 1. The van der Waals surface area contributed by atoms with Gasteiger partial charge >= 0.3 is 0 Å². The second-order valence-corrected chi connectivity index (χ2v) is 13.0. The van der Waals surface area contributed by atoms with E-state index in [-0.39, 0.29) is 21.5 Å². The van der Waals surface area contributed by atoms with Crippen molar-refractivity contribution in [2.24, 2.45) is 5.92 Å². The minimum absolute atomic E-state index is 0.0277. The molecule has 1 atom stereocenters. The van der Waals surface area contributed by atoms with Crippen molar-refractivity contribution in [3.05, 3.63) is 71.9 Å². The summed E-state index contributed by atoms with van der Waals surface area (Å²) in [4.78, 5) is 24.0. The third kappa shape index (κ3) is 5.93. The molecule has 1 saturated heterocycles. The normalized spacial score (nSPS) is 17.5. The second kappa shape index (κ2) is 9.78. The van der Waals surface area contributed by atoms with Crippen molar-refractivity contribution in [1.82, 2.24) is 14.7 Å². The Kier molecular flexibility index (Phi) is 7.03. The molecule has 4 rings (SSSR count). The van der Waals surface area contributed by atoms with E-state index in [1.165, 1.54) is 11.6 Å². The van der Waals surface area contributed by atoms with Crippen LogP contribution in [-0.2, 0) is 15.4 Å². The molecule has 1 aromatic carbocycles. The van der Waals surface area contributed by atoms with E-state index in [0.29, 0.717) is 17.6 Å². The number of amides is 1. The molecule has 2 N–H and O–H groups in total. The first-order chi connectivity index (χ1) is 17.3. The molecule has 1 amide bonds. The van der Waals surface area contributed by atoms with Crippen molar-refractivity contribution in [2.45, 2.75) is 63.9 Å². The van der Waals surface area contributed by atoms with Crippen LogP contribution in [-0.4, -0.2) is 36.4 Å². The summed E-state index contributed by atoms with van der Waals surface area (Å²) >= 11 is 0. The zero-order valence-electron chi connectivity index (χ0n) is 22.2. The first-order valence-corrected chi connectivity index (χ1v) is 13.9. The maximum atomic E-state index is 13.2. The molecule has 196 valence electrons. The quantitative estimate of drug-likeness (QED) is 0.456. The highest BCUT2D eigenvalue weighted by atomic mass is 32.2. The van der Waals surface area contributed by atoms with Crippen molar-refractivity contribution >= 4 is 33.3 Å². The fourth-order valence-electron chi connectivity index (χ4n) is 4.81. The molecule has 2 aromatic heterocycles. The fraction of sp³-hybridized carbons (Fsp3) is 0.393. The molecule has 0 bridgehead atoms. The Balaban J connectivity index is 1.54. The first kappa shape index (κ1) is 26.6. The number of benzene rings is 1. The van der Waals surface area contributed by atoms with Gasteiger partial charge < -0.3 is 10.2 Å². The van der Waals surface area contributed by atoms with E-state index in [4.69, 9.17) is 0 Å². The number of carbonyl (C=O) groups excluding carboxylic acids is 1. The van der Waals surface area contributed by atoms with Crippen molar-refractivity contribution < 1.29 is 13.2 Å². The van der Waals surface area contributed by atoms with Gasteiger partial charge in [-0.05, 0) is 73.6 Å². The number of hydrogen-bond donors (Lipinski definition) is 2. The summed E-state index contributed by atoms with van der Waals surface area (Å²) < 4.78 is 28.4. The molecule has 37 heavy (non-hydrogen) atoms. The smallest absolute Gasteiger partial charge is 0.281 e. The molecular formula is C28H35N5O3S. The Bertz CT molecular complexity index is 1400. The van der Waals surface area contributed by atoms with Gasteiger partial charge in [0.1, 0.15) is 11.6 Å². The number of nitrogens with one attached hydrogen (secondary N) is 2. The van der Waals surface area contributed by atoms with E-state index in [1.54, 1.807) is 30.5 Å². The van der Waals surface area contributed by atoms with Crippen LogP contribution in [0.25, 0.3) is 0 Å². The van der Waals surface area contributed by atoms with E-state index in [2.05, 4.69) is 66.4 Å². The summed E-state index contributed by atoms with van der Waals surface area (Å²) in [5.41, 5.74) is 2.00. The molecule has 1 aliphatic heterocycles. The average Bonchev–Trinajstić information content (AvgIpc) is 3.10. The number of aromatic nitrogens is 2. The molecule has 3 aromatic rings. The van der Waals surface area contributed by atoms with Gasteiger partial charge in [-0.25, -0.2) is 14.7 Å². The van der Waals surface area contributed by atoms with Gasteiger partial charge in [0.15, 0.2) is 5.03 Å². The van der Waals surface area contributed by atoms with Crippen LogP contribution in [0.3, 0.4) is 0 Å². The van der Waals surface area contributed by atoms with Crippen LogP contribution in [0.15, 0.2) is 65.8 Å². The van der Waals surface area contributed by atoms with Crippen molar-refractivity contribution in [1.29, 1.82) is 0 Å². The van der Waals surface area contributed by atoms with Gasteiger partial charge in [0.25, 0.3) is 15.9 Å². The molecule has 0 spiro atoms. The van der Waals surface area contributed by atoms with Crippen LogP contribution >= 0.6 is 0 Å². The van der Waals surface area contributed by atoms with Crippen LogP contribution in [0.4, 0.5) is 17.3 Å². The van der Waals surface area contributed by atoms with E-state index < -0.39 is 15.9 Å². The molecule has 0 saturated carbocycles. The summed E-state index contributed by atoms with van der Waals surface area (Å²) in [6.45, 7) is 13.5. The predicted octanol–water partition coefficient (Wildman–Crippen LogP) is 5.26. The lowest BCUT2D eigenvalue weighted by molar-refractivity contribution is 0.0981. The maximum absolute atomic E-state index is 13.2. The number of nitrogens with zero attached hydrogens (tertiary/aromatic N) is 3. The Morgan fingerprint density at radius 2 is 1.76 bits per heavy atom. The zero-order valence-corrected chi connectivity index (χ0v) is 23.1. The minimum atomic E-state index is -4.23. The number of rotatable bonds is 6. The van der Waals surface area contributed by atoms with Gasteiger partial charge in [0, 0.05) is 24.0 Å². The molecular weight excluding hydrogens is 486 g/mol. The highest BCUT2D eigenvalue weighted by molar-refractivity contribution is 7.90. The second-order valence-electron chi connectivity index (χ2n) is 11.4. The molecule has 1 aliphatic rings. The summed E-state index contributed by atoms with van der Waals surface area (Å²) in [7, 11) is -4.23. The number of anilines is 3. The Labute approximate surface area is 219 Å². The van der Waals surface area contributed by atoms with Gasteiger partial charge in [-0.3, -0.25) is 4.79 Å².